The molecule has 0 saturated heterocycles. The highest BCUT2D eigenvalue weighted by atomic mass is 19.1. The average molecular weight is 269 g/mol. The summed E-state index contributed by atoms with van der Waals surface area (Å²) in [5, 5.41) is 11.8. The third kappa shape index (κ3) is 3.50. The second-order valence-electron chi connectivity index (χ2n) is 5.04. The first-order chi connectivity index (χ1) is 8.99. The fraction of sp³-hybridized carbons (Fsp3) is 0.500. The zero-order valence-corrected chi connectivity index (χ0v) is 10.7. The van der Waals surface area contributed by atoms with Gasteiger partial charge in [0.1, 0.15) is 11.6 Å². The van der Waals surface area contributed by atoms with Crippen LogP contribution < -0.4 is 5.32 Å². The lowest BCUT2D eigenvalue weighted by molar-refractivity contribution is -0.122. The van der Waals surface area contributed by atoms with E-state index >= 15 is 0 Å². The molecule has 2 N–H and O–H groups in total. The molecule has 1 aliphatic carbocycles. The number of aliphatic hydroxyl groups is 1. The number of carbonyl (C=O) groups excluding carboxylic acids is 1. The van der Waals surface area contributed by atoms with Crippen LogP contribution in [0.4, 0.5) is 8.78 Å². The lowest BCUT2D eigenvalue weighted by atomic mass is 10.1. The predicted molar refractivity (Wildman–Crippen MR) is 66.5 cm³/mol. The van der Waals surface area contributed by atoms with Crippen molar-refractivity contribution >= 4 is 5.91 Å². The molecule has 3 atom stereocenters. The van der Waals surface area contributed by atoms with Gasteiger partial charge >= 0.3 is 0 Å². The first-order valence-corrected chi connectivity index (χ1v) is 6.39. The maximum absolute atomic E-state index is 13.5. The zero-order valence-electron chi connectivity index (χ0n) is 10.7. The largest absolute Gasteiger partial charge is 0.393 e. The summed E-state index contributed by atoms with van der Waals surface area (Å²) in [6.07, 6.45) is 0.564. The topological polar surface area (TPSA) is 49.3 Å². The van der Waals surface area contributed by atoms with Crippen molar-refractivity contribution in [1.29, 1.82) is 0 Å². The monoisotopic (exact) mass is 269 g/mol. The van der Waals surface area contributed by atoms with E-state index < -0.39 is 17.7 Å². The highest BCUT2D eigenvalue weighted by Gasteiger charge is 2.45. The highest BCUT2D eigenvalue weighted by molar-refractivity contribution is 5.82. The number of hydrogen-bond donors (Lipinski definition) is 2. The third-order valence-corrected chi connectivity index (χ3v) is 3.35. The summed E-state index contributed by atoms with van der Waals surface area (Å²) >= 11 is 0. The molecule has 1 aromatic carbocycles. The van der Waals surface area contributed by atoms with Gasteiger partial charge in [0.25, 0.3) is 0 Å². The smallest absolute Gasteiger partial charge is 0.223 e. The van der Waals surface area contributed by atoms with Crippen molar-refractivity contribution in [2.45, 2.75) is 31.8 Å². The lowest BCUT2D eigenvalue weighted by Crippen LogP contribution is -2.28. The van der Waals surface area contributed by atoms with Gasteiger partial charge in [0.15, 0.2) is 0 Å². The van der Waals surface area contributed by atoms with E-state index in [9.17, 15) is 13.6 Å². The molecule has 5 heteroatoms. The van der Waals surface area contributed by atoms with E-state index in [0.29, 0.717) is 19.4 Å². The number of rotatable bonds is 5. The molecule has 0 aliphatic heterocycles. The normalized spacial score (nSPS) is 22.9. The van der Waals surface area contributed by atoms with E-state index in [1.165, 1.54) is 0 Å². The Morgan fingerprint density at radius 1 is 1.53 bits per heavy atom. The van der Waals surface area contributed by atoms with Crippen molar-refractivity contribution in [1.82, 2.24) is 5.32 Å². The van der Waals surface area contributed by atoms with Crippen LogP contribution in [0.15, 0.2) is 18.2 Å². The van der Waals surface area contributed by atoms with Crippen LogP contribution in [0.2, 0.25) is 0 Å². The van der Waals surface area contributed by atoms with Crippen LogP contribution in [0.3, 0.4) is 0 Å². The molecule has 19 heavy (non-hydrogen) atoms. The van der Waals surface area contributed by atoms with E-state index in [1.54, 1.807) is 6.92 Å². The SMILES string of the molecule is CC(O)CCNC(=O)C1CC1c1cc(F)ccc1F. The molecule has 3 nitrogen and oxygen atoms in total. The molecule has 1 aromatic rings. The Balaban J connectivity index is 1.89. The Morgan fingerprint density at radius 2 is 2.26 bits per heavy atom. The fourth-order valence-corrected chi connectivity index (χ4v) is 2.16. The standard InChI is InChI=1S/C14H17F2NO2/c1-8(18)4-5-17-14(19)12-7-10(12)11-6-9(15)2-3-13(11)16/h2-3,6,8,10,12,18H,4-5,7H2,1H3,(H,17,19). The lowest BCUT2D eigenvalue weighted by Gasteiger charge is -2.07. The van der Waals surface area contributed by atoms with Crippen LogP contribution in [0, 0.1) is 17.6 Å². The van der Waals surface area contributed by atoms with Crippen molar-refractivity contribution in [2.75, 3.05) is 6.54 Å². The van der Waals surface area contributed by atoms with E-state index in [-0.39, 0.29) is 23.3 Å². The minimum atomic E-state index is -0.489. The number of hydrogen-bond acceptors (Lipinski definition) is 2. The Bertz CT molecular complexity index is 477. The Hall–Kier alpha value is -1.49. The van der Waals surface area contributed by atoms with Crippen LogP contribution in [0.25, 0.3) is 0 Å². The predicted octanol–water partition coefficient (Wildman–Crippen LogP) is 1.96. The average Bonchev–Trinajstić information content (AvgIpc) is 3.11. The van der Waals surface area contributed by atoms with Crippen molar-refractivity contribution in [3.05, 3.63) is 35.4 Å². The summed E-state index contributed by atoms with van der Waals surface area (Å²) in [6.45, 7) is 2.04. The minimum Gasteiger partial charge on any atom is -0.393 e. The van der Waals surface area contributed by atoms with Crippen LogP contribution in [-0.2, 0) is 4.79 Å². The first kappa shape index (κ1) is 13.9. The summed E-state index contributed by atoms with van der Waals surface area (Å²) in [5.74, 6) is -1.64. The van der Waals surface area contributed by atoms with Gasteiger partial charge in [-0.05, 0) is 49.4 Å². The van der Waals surface area contributed by atoms with Gasteiger partial charge in [-0.25, -0.2) is 8.78 Å². The molecule has 1 amide bonds. The van der Waals surface area contributed by atoms with Crippen molar-refractivity contribution in [2.24, 2.45) is 5.92 Å². The van der Waals surface area contributed by atoms with Crippen molar-refractivity contribution in [3.63, 3.8) is 0 Å². The molecule has 1 saturated carbocycles. The Labute approximate surface area is 110 Å². The molecule has 0 bridgehead atoms. The first-order valence-electron chi connectivity index (χ1n) is 6.39. The fourth-order valence-electron chi connectivity index (χ4n) is 2.16. The van der Waals surface area contributed by atoms with E-state index in [0.717, 1.165) is 18.2 Å². The summed E-state index contributed by atoms with van der Waals surface area (Å²) in [7, 11) is 0. The van der Waals surface area contributed by atoms with Gasteiger partial charge in [0.2, 0.25) is 5.91 Å². The minimum absolute atomic E-state index is 0.158. The number of carbonyl (C=O) groups is 1. The van der Waals surface area contributed by atoms with Crippen LogP contribution in [0.1, 0.15) is 31.2 Å². The molecular formula is C14H17F2NO2. The summed E-state index contributed by atoms with van der Waals surface area (Å²) < 4.78 is 26.6. The Kier molecular flexibility index (Phi) is 4.14. The van der Waals surface area contributed by atoms with Gasteiger partial charge < -0.3 is 10.4 Å². The number of aliphatic hydroxyl groups excluding tert-OH is 1. The van der Waals surface area contributed by atoms with Gasteiger partial charge in [-0.15, -0.1) is 0 Å². The zero-order chi connectivity index (χ0) is 14.0. The van der Waals surface area contributed by atoms with E-state index in [2.05, 4.69) is 5.32 Å². The molecule has 0 radical (unpaired) electrons. The van der Waals surface area contributed by atoms with Gasteiger partial charge in [-0.2, -0.15) is 0 Å². The Morgan fingerprint density at radius 3 is 2.95 bits per heavy atom. The number of amides is 1. The molecule has 1 aliphatic rings. The molecule has 1 fully saturated rings. The van der Waals surface area contributed by atoms with Crippen molar-refractivity contribution in [3.8, 4) is 0 Å². The third-order valence-electron chi connectivity index (χ3n) is 3.35. The molecule has 3 unspecified atom stereocenters. The van der Waals surface area contributed by atoms with Crippen LogP contribution >= 0.6 is 0 Å². The quantitative estimate of drug-likeness (QED) is 0.858. The maximum Gasteiger partial charge on any atom is 0.223 e. The molecule has 104 valence electrons. The molecule has 2 rings (SSSR count). The van der Waals surface area contributed by atoms with Crippen LogP contribution in [-0.4, -0.2) is 23.7 Å². The summed E-state index contributed by atoms with van der Waals surface area (Å²) in [6, 6.07) is 3.31. The van der Waals surface area contributed by atoms with Gasteiger partial charge in [-0.3, -0.25) is 4.79 Å². The van der Waals surface area contributed by atoms with Crippen LogP contribution in [0.5, 0.6) is 0 Å². The van der Waals surface area contributed by atoms with E-state index in [1.807, 2.05) is 0 Å². The number of benzene rings is 1. The number of halogens is 2. The van der Waals surface area contributed by atoms with Crippen molar-refractivity contribution < 1.29 is 18.7 Å². The van der Waals surface area contributed by atoms with Gasteiger partial charge in [0.05, 0.1) is 6.10 Å². The molecule has 0 aromatic heterocycles. The van der Waals surface area contributed by atoms with Gasteiger partial charge in [-0.1, -0.05) is 0 Å². The number of nitrogens with one attached hydrogen (secondary N) is 1. The molecule has 0 spiro atoms. The summed E-state index contributed by atoms with van der Waals surface area (Å²) in [5.41, 5.74) is 0.274. The summed E-state index contributed by atoms with van der Waals surface area (Å²) in [4.78, 5) is 11.8. The molecule has 0 heterocycles. The highest BCUT2D eigenvalue weighted by Crippen LogP contribution is 2.48. The second kappa shape index (κ2) is 5.65. The second-order valence-corrected chi connectivity index (χ2v) is 5.04. The van der Waals surface area contributed by atoms with Gasteiger partial charge in [0, 0.05) is 12.5 Å². The molecular weight excluding hydrogens is 252 g/mol. The maximum atomic E-state index is 13.5. The van der Waals surface area contributed by atoms with E-state index in [4.69, 9.17) is 5.11 Å².